The van der Waals surface area contributed by atoms with Gasteiger partial charge in [-0.25, -0.2) is 5.43 Å². The molecule has 1 aromatic carbocycles. The van der Waals surface area contributed by atoms with Crippen LogP contribution >= 0.6 is 0 Å². The van der Waals surface area contributed by atoms with Crippen molar-refractivity contribution in [2.24, 2.45) is 5.10 Å². The van der Waals surface area contributed by atoms with Crippen LogP contribution in [-0.2, 0) is 9.59 Å². The first-order valence-electron chi connectivity index (χ1n) is 7.43. The van der Waals surface area contributed by atoms with Crippen molar-refractivity contribution in [2.45, 2.75) is 25.7 Å². The molecule has 1 fully saturated rings. The molecule has 2 rings (SSSR count). The Balaban J connectivity index is 1.81. The third kappa shape index (κ3) is 4.87. The van der Waals surface area contributed by atoms with Crippen molar-refractivity contribution in [2.75, 3.05) is 20.2 Å². The monoisotopic (exact) mass is 303 g/mol. The molecular weight excluding hydrogens is 282 g/mol. The van der Waals surface area contributed by atoms with E-state index in [1.165, 1.54) is 0 Å². The van der Waals surface area contributed by atoms with Gasteiger partial charge in [0, 0.05) is 13.0 Å². The molecule has 22 heavy (non-hydrogen) atoms. The normalized spacial score (nSPS) is 15.7. The highest BCUT2D eigenvalue weighted by atomic mass is 16.5. The van der Waals surface area contributed by atoms with Crippen LogP contribution in [0.5, 0.6) is 5.75 Å². The quantitative estimate of drug-likeness (QED) is 0.662. The molecule has 0 aromatic heterocycles. The van der Waals surface area contributed by atoms with Gasteiger partial charge in [-0.2, -0.15) is 5.10 Å². The van der Waals surface area contributed by atoms with Gasteiger partial charge in [0.1, 0.15) is 12.3 Å². The van der Waals surface area contributed by atoms with Crippen molar-refractivity contribution in [3.05, 3.63) is 29.8 Å². The summed E-state index contributed by atoms with van der Waals surface area (Å²) < 4.78 is 5.07. The third-order valence-electron chi connectivity index (χ3n) is 3.52. The van der Waals surface area contributed by atoms with E-state index in [2.05, 4.69) is 10.5 Å². The summed E-state index contributed by atoms with van der Waals surface area (Å²) in [6.45, 7) is 0.716. The Kier molecular flexibility index (Phi) is 5.94. The number of benzene rings is 1. The van der Waals surface area contributed by atoms with Gasteiger partial charge in [-0.15, -0.1) is 0 Å². The highest BCUT2D eigenvalue weighted by molar-refractivity contribution is 5.86. The maximum atomic E-state index is 11.8. The zero-order chi connectivity index (χ0) is 15.8. The summed E-state index contributed by atoms with van der Waals surface area (Å²) in [5.74, 6) is 0.535. The van der Waals surface area contributed by atoms with Crippen LogP contribution < -0.4 is 10.2 Å². The van der Waals surface area contributed by atoms with Crippen LogP contribution in [-0.4, -0.2) is 43.1 Å². The molecule has 0 unspecified atom stereocenters. The van der Waals surface area contributed by atoms with Crippen LogP contribution in [0.3, 0.4) is 0 Å². The molecule has 6 nitrogen and oxygen atoms in total. The van der Waals surface area contributed by atoms with Crippen LogP contribution in [0, 0.1) is 0 Å². The second-order valence-corrected chi connectivity index (χ2v) is 5.19. The smallest absolute Gasteiger partial charge is 0.259 e. The van der Waals surface area contributed by atoms with E-state index < -0.39 is 0 Å². The topological polar surface area (TPSA) is 71.0 Å². The zero-order valence-corrected chi connectivity index (χ0v) is 12.7. The molecule has 0 radical (unpaired) electrons. The van der Waals surface area contributed by atoms with Crippen LogP contribution in [0.2, 0.25) is 0 Å². The molecule has 1 heterocycles. The third-order valence-corrected chi connectivity index (χ3v) is 3.52. The predicted molar refractivity (Wildman–Crippen MR) is 83.8 cm³/mol. The van der Waals surface area contributed by atoms with E-state index in [-0.39, 0.29) is 18.4 Å². The van der Waals surface area contributed by atoms with Gasteiger partial charge in [0.25, 0.3) is 5.91 Å². The first-order chi connectivity index (χ1) is 10.7. The van der Waals surface area contributed by atoms with Crippen molar-refractivity contribution in [3.8, 4) is 5.75 Å². The number of carbonyl (C=O) groups is 2. The minimum absolute atomic E-state index is 0.0479. The van der Waals surface area contributed by atoms with Gasteiger partial charge in [-0.1, -0.05) is 6.42 Å². The number of hydrogen-bond acceptors (Lipinski definition) is 4. The minimum atomic E-state index is -0.278. The standard InChI is InChI=1S/C16H21N3O3/c1-22-14-8-6-13(7-9-14)11-17-18-15(20)12-19-10-4-2-3-5-16(19)21/h6-9,11H,2-5,10,12H2,1H3,(H,18,20)/b17-11-. The van der Waals surface area contributed by atoms with Crippen molar-refractivity contribution in [1.29, 1.82) is 0 Å². The number of methoxy groups -OCH3 is 1. The largest absolute Gasteiger partial charge is 0.497 e. The lowest BCUT2D eigenvalue weighted by atomic mass is 10.2. The second kappa shape index (κ2) is 8.17. The van der Waals surface area contributed by atoms with E-state index in [1.54, 1.807) is 18.2 Å². The number of carbonyl (C=O) groups excluding carboxylic acids is 2. The van der Waals surface area contributed by atoms with Crippen LogP contribution in [0.25, 0.3) is 0 Å². The fourth-order valence-corrected chi connectivity index (χ4v) is 2.28. The van der Waals surface area contributed by atoms with Gasteiger partial charge in [0.2, 0.25) is 5.91 Å². The van der Waals surface area contributed by atoms with Gasteiger partial charge in [0.05, 0.1) is 13.3 Å². The number of rotatable bonds is 5. The van der Waals surface area contributed by atoms with Crippen molar-refractivity contribution in [3.63, 3.8) is 0 Å². The van der Waals surface area contributed by atoms with E-state index in [1.807, 2.05) is 24.3 Å². The number of hydrazone groups is 1. The Hall–Kier alpha value is -2.37. The molecule has 1 N–H and O–H groups in total. The van der Waals surface area contributed by atoms with Crippen molar-refractivity contribution < 1.29 is 14.3 Å². The number of ether oxygens (including phenoxy) is 1. The number of nitrogens with zero attached hydrogens (tertiary/aromatic N) is 2. The first-order valence-corrected chi connectivity index (χ1v) is 7.43. The molecule has 0 saturated carbocycles. The summed E-state index contributed by atoms with van der Waals surface area (Å²) >= 11 is 0. The number of hydrogen-bond donors (Lipinski definition) is 1. The Morgan fingerprint density at radius 3 is 2.82 bits per heavy atom. The molecule has 1 aliphatic heterocycles. The maximum absolute atomic E-state index is 11.8. The summed E-state index contributed by atoms with van der Waals surface area (Å²) in [6, 6.07) is 7.32. The molecule has 1 aromatic rings. The van der Waals surface area contributed by atoms with E-state index in [0.717, 1.165) is 30.6 Å². The molecule has 118 valence electrons. The molecule has 0 bridgehead atoms. The molecule has 6 heteroatoms. The molecular formula is C16H21N3O3. The SMILES string of the molecule is COc1ccc(/C=N\NC(=O)CN2CCCCCC2=O)cc1. The average molecular weight is 303 g/mol. The number of amides is 2. The second-order valence-electron chi connectivity index (χ2n) is 5.19. The molecule has 0 atom stereocenters. The summed E-state index contributed by atoms with van der Waals surface area (Å²) in [5.41, 5.74) is 3.31. The lowest BCUT2D eigenvalue weighted by Gasteiger charge is -2.18. The van der Waals surface area contributed by atoms with Gasteiger partial charge >= 0.3 is 0 Å². The highest BCUT2D eigenvalue weighted by Gasteiger charge is 2.18. The number of likely N-dealkylation sites (tertiary alicyclic amines) is 1. The van der Waals surface area contributed by atoms with Gasteiger partial charge in [-0.05, 0) is 42.7 Å². The molecule has 1 saturated heterocycles. The van der Waals surface area contributed by atoms with Gasteiger partial charge < -0.3 is 9.64 Å². The molecule has 1 aliphatic rings. The zero-order valence-electron chi connectivity index (χ0n) is 12.7. The van der Waals surface area contributed by atoms with Crippen LogP contribution in [0.15, 0.2) is 29.4 Å². The van der Waals surface area contributed by atoms with E-state index >= 15 is 0 Å². The van der Waals surface area contributed by atoms with Gasteiger partial charge in [0.15, 0.2) is 0 Å². The van der Waals surface area contributed by atoms with E-state index in [4.69, 9.17) is 4.74 Å². The summed E-state index contributed by atoms with van der Waals surface area (Å²) in [4.78, 5) is 25.2. The molecule has 0 aliphatic carbocycles. The fraction of sp³-hybridized carbons (Fsp3) is 0.438. The van der Waals surface area contributed by atoms with Crippen LogP contribution in [0.4, 0.5) is 0 Å². The predicted octanol–water partition coefficient (Wildman–Crippen LogP) is 1.55. The van der Waals surface area contributed by atoms with Crippen molar-refractivity contribution in [1.82, 2.24) is 10.3 Å². The minimum Gasteiger partial charge on any atom is -0.497 e. The molecule has 0 spiro atoms. The van der Waals surface area contributed by atoms with E-state index in [0.29, 0.717) is 13.0 Å². The van der Waals surface area contributed by atoms with Gasteiger partial charge in [-0.3, -0.25) is 9.59 Å². The fourth-order valence-electron chi connectivity index (χ4n) is 2.28. The Labute approximate surface area is 130 Å². The average Bonchev–Trinajstić information content (AvgIpc) is 2.73. The Bertz CT molecular complexity index is 540. The Morgan fingerprint density at radius 2 is 2.09 bits per heavy atom. The summed E-state index contributed by atoms with van der Waals surface area (Å²) in [6.07, 6.45) is 4.99. The lowest BCUT2D eigenvalue weighted by molar-refractivity contribution is -0.135. The highest BCUT2D eigenvalue weighted by Crippen LogP contribution is 2.11. The lowest BCUT2D eigenvalue weighted by Crippen LogP contribution is -2.39. The van der Waals surface area contributed by atoms with Crippen LogP contribution in [0.1, 0.15) is 31.2 Å². The van der Waals surface area contributed by atoms with E-state index in [9.17, 15) is 9.59 Å². The van der Waals surface area contributed by atoms with Crippen molar-refractivity contribution >= 4 is 18.0 Å². The maximum Gasteiger partial charge on any atom is 0.259 e. The molecule has 2 amide bonds. The summed E-state index contributed by atoms with van der Waals surface area (Å²) in [7, 11) is 1.60. The summed E-state index contributed by atoms with van der Waals surface area (Å²) in [5, 5.41) is 3.91. The first kappa shape index (κ1) is 16.0. The Morgan fingerprint density at radius 1 is 1.32 bits per heavy atom. The number of nitrogens with one attached hydrogen (secondary N) is 1.